The monoisotopic (exact) mass is 333 g/mol. The molecule has 0 spiro atoms. The second kappa shape index (κ2) is 8.38. The van der Waals surface area contributed by atoms with Crippen LogP contribution in [0.15, 0.2) is 34.9 Å². The molecular formula is C16H19N3O3S. The van der Waals surface area contributed by atoms with E-state index in [1.165, 1.54) is 12.6 Å². The Morgan fingerprint density at radius 3 is 2.70 bits per heavy atom. The van der Waals surface area contributed by atoms with Crippen LogP contribution in [0.2, 0.25) is 0 Å². The summed E-state index contributed by atoms with van der Waals surface area (Å²) in [5.41, 5.74) is 3.02. The first-order chi connectivity index (χ1) is 11.1. The largest absolute Gasteiger partial charge is 0.360 e. The Labute approximate surface area is 139 Å². The number of imide groups is 1. The number of nitrogens with one attached hydrogen (secondary N) is 2. The van der Waals surface area contributed by atoms with Crippen LogP contribution in [-0.4, -0.2) is 29.9 Å². The lowest BCUT2D eigenvalue weighted by atomic mass is 10.1. The fourth-order valence-corrected chi connectivity index (χ4v) is 2.64. The molecule has 0 bridgehead atoms. The molecule has 2 N–H and O–H groups in total. The van der Waals surface area contributed by atoms with E-state index in [9.17, 15) is 9.59 Å². The van der Waals surface area contributed by atoms with Crippen LogP contribution < -0.4 is 10.6 Å². The minimum absolute atomic E-state index is 0.275. The smallest absolute Gasteiger partial charge is 0.321 e. The van der Waals surface area contributed by atoms with E-state index < -0.39 is 6.03 Å². The van der Waals surface area contributed by atoms with Gasteiger partial charge in [-0.05, 0) is 6.92 Å². The van der Waals surface area contributed by atoms with Gasteiger partial charge in [0.2, 0.25) is 5.91 Å². The number of benzene rings is 1. The average Bonchev–Trinajstić information content (AvgIpc) is 3.01. The summed E-state index contributed by atoms with van der Waals surface area (Å²) in [5.74, 6) is 1.70. The van der Waals surface area contributed by atoms with Crippen molar-refractivity contribution in [3.8, 4) is 11.3 Å². The topological polar surface area (TPSA) is 84.2 Å². The molecule has 1 aromatic carbocycles. The van der Waals surface area contributed by atoms with Crippen molar-refractivity contribution in [1.82, 2.24) is 15.8 Å². The van der Waals surface area contributed by atoms with Crippen molar-refractivity contribution in [2.75, 3.05) is 12.8 Å². The molecule has 0 saturated heterocycles. The lowest BCUT2D eigenvalue weighted by molar-refractivity contribution is -0.119. The molecule has 0 saturated carbocycles. The molecule has 1 heterocycles. The van der Waals surface area contributed by atoms with Crippen molar-refractivity contribution < 1.29 is 14.1 Å². The minimum atomic E-state index is -0.488. The number of aryl methyl sites for hydroxylation is 1. The van der Waals surface area contributed by atoms with Gasteiger partial charge in [-0.1, -0.05) is 35.0 Å². The number of carbonyl (C=O) groups excluding carboxylic acids is 2. The van der Waals surface area contributed by atoms with Crippen LogP contribution in [0.5, 0.6) is 0 Å². The SMILES string of the molecule is CNC(=O)NC(=O)CCSCc1cc(-c2ccc(C)cc2)no1. The van der Waals surface area contributed by atoms with Crippen LogP contribution >= 0.6 is 11.8 Å². The van der Waals surface area contributed by atoms with Crippen LogP contribution in [0.3, 0.4) is 0 Å². The summed E-state index contributed by atoms with van der Waals surface area (Å²) in [4.78, 5) is 22.4. The maximum atomic E-state index is 11.4. The number of urea groups is 1. The molecule has 0 aliphatic rings. The molecule has 1 aromatic heterocycles. The Morgan fingerprint density at radius 1 is 1.26 bits per heavy atom. The van der Waals surface area contributed by atoms with E-state index in [2.05, 4.69) is 15.8 Å². The molecule has 0 unspecified atom stereocenters. The number of rotatable bonds is 6. The van der Waals surface area contributed by atoms with Crippen molar-refractivity contribution in [3.63, 3.8) is 0 Å². The van der Waals surface area contributed by atoms with Gasteiger partial charge in [0.1, 0.15) is 11.5 Å². The zero-order valence-electron chi connectivity index (χ0n) is 13.1. The second-order valence-electron chi connectivity index (χ2n) is 4.97. The Bertz CT molecular complexity index is 667. The molecule has 3 amide bonds. The van der Waals surface area contributed by atoms with Crippen molar-refractivity contribution >= 4 is 23.7 Å². The highest BCUT2D eigenvalue weighted by Crippen LogP contribution is 2.22. The van der Waals surface area contributed by atoms with Crippen molar-refractivity contribution in [2.24, 2.45) is 0 Å². The summed E-state index contributed by atoms with van der Waals surface area (Å²) in [6.07, 6.45) is 0.275. The zero-order chi connectivity index (χ0) is 16.7. The summed E-state index contributed by atoms with van der Waals surface area (Å²) in [7, 11) is 1.47. The standard InChI is InChI=1S/C16H19N3O3S/c1-11-3-5-12(6-4-11)14-9-13(22-19-14)10-23-8-7-15(20)18-16(21)17-2/h3-6,9H,7-8,10H2,1-2H3,(H2,17,18,20,21). The molecule has 0 aliphatic heterocycles. The van der Waals surface area contributed by atoms with E-state index in [0.29, 0.717) is 11.5 Å². The molecule has 2 rings (SSSR count). The highest BCUT2D eigenvalue weighted by Gasteiger charge is 2.08. The number of amides is 3. The molecule has 0 atom stereocenters. The van der Waals surface area contributed by atoms with E-state index in [-0.39, 0.29) is 12.3 Å². The third-order valence-electron chi connectivity index (χ3n) is 3.10. The number of carbonyl (C=O) groups is 2. The van der Waals surface area contributed by atoms with Gasteiger partial charge in [0, 0.05) is 30.9 Å². The van der Waals surface area contributed by atoms with Gasteiger partial charge in [0.05, 0.1) is 5.75 Å². The Balaban J connectivity index is 1.76. The van der Waals surface area contributed by atoms with E-state index in [4.69, 9.17) is 4.52 Å². The maximum absolute atomic E-state index is 11.4. The van der Waals surface area contributed by atoms with Crippen LogP contribution in [0.4, 0.5) is 4.79 Å². The van der Waals surface area contributed by atoms with Crippen LogP contribution in [0, 0.1) is 6.92 Å². The van der Waals surface area contributed by atoms with Gasteiger partial charge >= 0.3 is 6.03 Å². The van der Waals surface area contributed by atoms with Gasteiger partial charge in [-0.2, -0.15) is 11.8 Å². The number of nitrogens with zero attached hydrogens (tertiary/aromatic N) is 1. The molecule has 0 aliphatic carbocycles. The van der Waals surface area contributed by atoms with E-state index in [1.807, 2.05) is 37.3 Å². The van der Waals surface area contributed by atoms with Gasteiger partial charge in [-0.25, -0.2) is 4.79 Å². The predicted molar refractivity (Wildman–Crippen MR) is 90.1 cm³/mol. The minimum Gasteiger partial charge on any atom is -0.360 e. The van der Waals surface area contributed by atoms with Crippen molar-refractivity contribution in [1.29, 1.82) is 0 Å². The molecule has 6 nitrogen and oxygen atoms in total. The first-order valence-electron chi connectivity index (χ1n) is 7.20. The molecule has 2 aromatic rings. The maximum Gasteiger partial charge on any atom is 0.321 e. The highest BCUT2D eigenvalue weighted by atomic mass is 32.2. The first kappa shape index (κ1) is 17.1. The van der Waals surface area contributed by atoms with Crippen LogP contribution in [0.25, 0.3) is 11.3 Å². The summed E-state index contributed by atoms with van der Waals surface area (Å²) >= 11 is 1.55. The summed E-state index contributed by atoms with van der Waals surface area (Å²) in [6.45, 7) is 2.04. The summed E-state index contributed by atoms with van der Waals surface area (Å²) < 4.78 is 5.30. The Morgan fingerprint density at radius 2 is 2.00 bits per heavy atom. The van der Waals surface area contributed by atoms with Crippen LogP contribution in [-0.2, 0) is 10.5 Å². The number of hydrogen-bond acceptors (Lipinski definition) is 5. The van der Waals surface area contributed by atoms with E-state index >= 15 is 0 Å². The van der Waals surface area contributed by atoms with Gasteiger partial charge < -0.3 is 9.84 Å². The molecule has 122 valence electrons. The summed E-state index contributed by atoms with van der Waals surface area (Å²) in [5, 5.41) is 8.61. The van der Waals surface area contributed by atoms with Crippen molar-refractivity contribution in [2.45, 2.75) is 19.1 Å². The molecule has 7 heteroatoms. The molecule has 0 fully saturated rings. The quantitative estimate of drug-likeness (QED) is 0.794. The predicted octanol–water partition coefficient (Wildman–Crippen LogP) is 2.73. The third kappa shape index (κ3) is 5.45. The lowest BCUT2D eigenvalue weighted by Gasteiger charge is -2.02. The molecular weight excluding hydrogens is 314 g/mol. The number of hydrogen-bond donors (Lipinski definition) is 2. The number of aromatic nitrogens is 1. The lowest BCUT2D eigenvalue weighted by Crippen LogP contribution is -2.37. The molecule has 0 radical (unpaired) electrons. The van der Waals surface area contributed by atoms with Gasteiger partial charge in [0.25, 0.3) is 0 Å². The molecule has 23 heavy (non-hydrogen) atoms. The first-order valence-corrected chi connectivity index (χ1v) is 8.36. The Kier molecular flexibility index (Phi) is 6.22. The van der Waals surface area contributed by atoms with Gasteiger partial charge in [-0.15, -0.1) is 0 Å². The third-order valence-corrected chi connectivity index (χ3v) is 4.09. The second-order valence-corrected chi connectivity index (χ2v) is 6.08. The normalized spacial score (nSPS) is 10.3. The number of thioether (sulfide) groups is 1. The Hall–Kier alpha value is -2.28. The fourth-order valence-electron chi connectivity index (χ4n) is 1.83. The van der Waals surface area contributed by atoms with Crippen molar-refractivity contribution in [3.05, 3.63) is 41.7 Å². The van der Waals surface area contributed by atoms with E-state index in [0.717, 1.165) is 17.0 Å². The van der Waals surface area contributed by atoms with Crippen LogP contribution in [0.1, 0.15) is 17.7 Å². The fraction of sp³-hybridized carbons (Fsp3) is 0.312. The summed E-state index contributed by atoms with van der Waals surface area (Å²) in [6, 6.07) is 9.49. The van der Waals surface area contributed by atoms with Gasteiger partial charge in [0.15, 0.2) is 0 Å². The van der Waals surface area contributed by atoms with Gasteiger partial charge in [-0.3, -0.25) is 10.1 Å². The van der Waals surface area contributed by atoms with E-state index in [1.54, 1.807) is 11.8 Å². The average molecular weight is 333 g/mol. The zero-order valence-corrected chi connectivity index (χ0v) is 13.9. The highest BCUT2D eigenvalue weighted by molar-refractivity contribution is 7.98.